The summed E-state index contributed by atoms with van der Waals surface area (Å²) in [5, 5.41) is 0.919. The summed E-state index contributed by atoms with van der Waals surface area (Å²) in [4.78, 5) is 4.55. The summed E-state index contributed by atoms with van der Waals surface area (Å²) in [6.07, 6.45) is 1.85. The highest BCUT2D eigenvalue weighted by atomic mass is 32.1. The molecule has 104 valence electrons. The van der Waals surface area contributed by atoms with Gasteiger partial charge in [0.2, 0.25) is 0 Å². The Kier molecular flexibility index (Phi) is 4.08. The topological polar surface area (TPSA) is 22.1 Å². The maximum atomic E-state index is 5.52. The first-order chi connectivity index (χ1) is 10.3. The molecule has 2 aromatic carbocycles. The van der Waals surface area contributed by atoms with E-state index >= 15 is 0 Å². The molecule has 0 amide bonds. The Morgan fingerprint density at radius 1 is 0.952 bits per heavy atom. The number of aromatic nitrogens is 1. The Morgan fingerprint density at radius 3 is 2.29 bits per heavy atom. The molecular formula is C17H13NOS2. The van der Waals surface area contributed by atoms with Gasteiger partial charge in [-0.3, -0.25) is 0 Å². The van der Waals surface area contributed by atoms with E-state index in [1.54, 1.807) is 7.11 Å². The van der Waals surface area contributed by atoms with Crippen LogP contribution in [0.3, 0.4) is 0 Å². The number of hydrogen-bond donors (Lipinski definition) is 0. The van der Waals surface area contributed by atoms with E-state index in [2.05, 4.69) is 4.98 Å². The van der Waals surface area contributed by atoms with E-state index in [1.807, 2.05) is 60.8 Å². The van der Waals surface area contributed by atoms with E-state index in [9.17, 15) is 0 Å². The van der Waals surface area contributed by atoms with Crippen molar-refractivity contribution in [2.24, 2.45) is 0 Å². The van der Waals surface area contributed by atoms with Gasteiger partial charge in [-0.2, -0.15) is 0 Å². The van der Waals surface area contributed by atoms with Crippen molar-refractivity contribution < 1.29 is 4.74 Å². The average Bonchev–Trinajstić information content (AvgIpc) is 2.55. The monoisotopic (exact) mass is 311 g/mol. The molecule has 0 aliphatic rings. The van der Waals surface area contributed by atoms with Gasteiger partial charge >= 0.3 is 0 Å². The molecule has 0 radical (unpaired) electrons. The predicted molar refractivity (Wildman–Crippen MR) is 90.4 cm³/mol. The van der Waals surface area contributed by atoms with Crippen molar-refractivity contribution in [3.8, 4) is 27.4 Å². The molecule has 1 aromatic heterocycles. The molecule has 0 saturated carbocycles. The molecule has 4 heteroatoms. The first-order valence-corrected chi connectivity index (χ1v) is 7.70. The maximum Gasteiger partial charge on any atom is 0.124 e. The van der Waals surface area contributed by atoms with Crippen molar-refractivity contribution in [2.75, 3.05) is 7.11 Å². The zero-order chi connectivity index (χ0) is 14.7. The fraction of sp³-hybridized carbons (Fsp3) is 0.0588. The zero-order valence-electron chi connectivity index (χ0n) is 11.4. The molecule has 1 heterocycles. The lowest BCUT2D eigenvalue weighted by Gasteiger charge is -2.05. The molecule has 0 fully saturated rings. The molecule has 0 bridgehead atoms. The second-order valence-corrected chi connectivity index (χ2v) is 6.13. The maximum absolute atomic E-state index is 5.52. The molecule has 0 aliphatic carbocycles. The van der Waals surface area contributed by atoms with E-state index in [-0.39, 0.29) is 0 Å². The van der Waals surface area contributed by atoms with Gasteiger partial charge in [-0.05, 0) is 29.8 Å². The summed E-state index contributed by atoms with van der Waals surface area (Å²) < 4.78 is 6.02. The Bertz CT molecular complexity index is 795. The summed E-state index contributed by atoms with van der Waals surface area (Å²) in [7, 11) is 1.66. The lowest BCUT2D eigenvalue weighted by molar-refractivity contribution is 0.415. The number of benzene rings is 2. The Hall–Kier alpha value is -2.04. The quantitative estimate of drug-likeness (QED) is 0.619. The van der Waals surface area contributed by atoms with E-state index < -0.39 is 0 Å². The van der Waals surface area contributed by atoms with Crippen LogP contribution >= 0.6 is 23.6 Å². The van der Waals surface area contributed by atoms with Crippen molar-refractivity contribution in [3.63, 3.8) is 0 Å². The van der Waals surface area contributed by atoms with Crippen LogP contribution in [0.25, 0.3) is 21.7 Å². The highest BCUT2D eigenvalue weighted by Crippen LogP contribution is 2.29. The Labute approximate surface area is 132 Å². The zero-order valence-corrected chi connectivity index (χ0v) is 13.1. The molecule has 0 atom stereocenters. The van der Waals surface area contributed by atoms with Crippen LogP contribution in [-0.2, 0) is 0 Å². The van der Waals surface area contributed by atoms with Crippen molar-refractivity contribution in [2.45, 2.75) is 0 Å². The number of hydrogen-bond acceptors (Lipinski definition) is 4. The van der Waals surface area contributed by atoms with E-state index in [4.69, 9.17) is 17.0 Å². The normalized spacial score (nSPS) is 10.3. The van der Waals surface area contributed by atoms with Gasteiger partial charge in [0.05, 0.1) is 7.11 Å². The van der Waals surface area contributed by atoms with Crippen LogP contribution in [0.2, 0.25) is 0 Å². The Balaban J connectivity index is 1.99. The van der Waals surface area contributed by atoms with E-state index in [0.717, 1.165) is 31.3 Å². The van der Waals surface area contributed by atoms with Crippen molar-refractivity contribution in [3.05, 3.63) is 64.6 Å². The number of nitrogens with zero attached hydrogens (tertiary/aromatic N) is 1. The molecule has 0 saturated heterocycles. The number of ether oxygens (including phenoxy) is 1. The molecule has 0 spiro atoms. The van der Waals surface area contributed by atoms with Gasteiger partial charge in [0.1, 0.15) is 14.6 Å². The summed E-state index contributed by atoms with van der Waals surface area (Å²) in [6, 6.07) is 18.0. The lowest BCUT2D eigenvalue weighted by Crippen LogP contribution is -1.85. The minimum atomic E-state index is 0.836. The highest BCUT2D eigenvalue weighted by molar-refractivity contribution is 7.73. The van der Waals surface area contributed by atoms with Crippen LogP contribution in [0.15, 0.2) is 60.8 Å². The molecule has 21 heavy (non-hydrogen) atoms. The van der Waals surface area contributed by atoms with Crippen LogP contribution in [0.5, 0.6) is 5.75 Å². The van der Waals surface area contributed by atoms with Gasteiger partial charge in [-0.25, -0.2) is 4.98 Å². The second kappa shape index (κ2) is 6.16. The van der Waals surface area contributed by atoms with Gasteiger partial charge < -0.3 is 4.74 Å². The summed E-state index contributed by atoms with van der Waals surface area (Å²) in [5.74, 6) is 0.836. The number of methoxy groups -OCH3 is 1. The van der Waals surface area contributed by atoms with Crippen LogP contribution in [0.1, 0.15) is 0 Å². The smallest absolute Gasteiger partial charge is 0.124 e. The first-order valence-electron chi connectivity index (χ1n) is 6.48. The summed E-state index contributed by atoms with van der Waals surface area (Å²) in [5.41, 5.74) is 3.16. The molecule has 2 nitrogen and oxygen atoms in total. The lowest BCUT2D eigenvalue weighted by atomic mass is 10.1. The second-order valence-electron chi connectivity index (χ2n) is 4.46. The molecule has 3 rings (SSSR count). The van der Waals surface area contributed by atoms with Gasteiger partial charge in [-0.15, -0.1) is 11.3 Å². The van der Waals surface area contributed by atoms with Crippen molar-refractivity contribution in [1.29, 1.82) is 0 Å². The molecule has 3 aromatic rings. The first kappa shape index (κ1) is 13.9. The summed E-state index contributed by atoms with van der Waals surface area (Å²) >= 11 is 7.05. The minimum Gasteiger partial charge on any atom is -0.497 e. The van der Waals surface area contributed by atoms with E-state index in [1.165, 1.54) is 11.3 Å². The SMILES string of the molecule is COc1ccc(-c2ncc(-c3ccccc3)c(=S)s2)cc1. The Morgan fingerprint density at radius 2 is 1.67 bits per heavy atom. The molecule has 0 unspecified atom stereocenters. The summed E-state index contributed by atoms with van der Waals surface area (Å²) in [6.45, 7) is 0. The highest BCUT2D eigenvalue weighted by Gasteiger charge is 2.05. The average molecular weight is 311 g/mol. The van der Waals surface area contributed by atoms with Gasteiger partial charge in [0.25, 0.3) is 0 Å². The molecule has 0 N–H and O–H groups in total. The van der Waals surface area contributed by atoms with Crippen molar-refractivity contribution in [1.82, 2.24) is 4.98 Å². The van der Waals surface area contributed by atoms with Gasteiger partial charge in [0.15, 0.2) is 0 Å². The fourth-order valence-corrected chi connectivity index (χ4v) is 3.24. The third-order valence-corrected chi connectivity index (χ3v) is 4.55. The van der Waals surface area contributed by atoms with Crippen LogP contribution < -0.4 is 4.74 Å². The molecule has 0 aliphatic heterocycles. The molecular weight excluding hydrogens is 298 g/mol. The minimum absolute atomic E-state index is 0.836. The van der Waals surface area contributed by atoms with Crippen LogP contribution in [0, 0.1) is 3.82 Å². The van der Waals surface area contributed by atoms with Crippen molar-refractivity contribution >= 4 is 23.6 Å². The van der Waals surface area contributed by atoms with Gasteiger partial charge in [0, 0.05) is 17.3 Å². The van der Waals surface area contributed by atoms with Crippen LogP contribution in [-0.4, -0.2) is 12.1 Å². The largest absolute Gasteiger partial charge is 0.497 e. The predicted octanol–water partition coefficient (Wildman–Crippen LogP) is 5.22. The van der Waals surface area contributed by atoms with E-state index in [0.29, 0.717) is 0 Å². The fourth-order valence-electron chi connectivity index (χ4n) is 2.02. The third kappa shape index (κ3) is 3.01. The van der Waals surface area contributed by atoms with Gasteiger partial charge in [-0.1, -0.05) is 42.5 Å². The standard InChI is InChI=1S/C17H13NOS2/c1-19-14-9-7-13(8-10-14)16-18-11-15(17(20)21-16)12-5-3-2-4-6-12/h2-11H,1H3. The number of rotatable bonds is 3. The third-order valence-electron chi connectivity index (χ3n) is 3.14. The van der Waals surface area contributed by atoms with Crippen LogP contribution in [0.4, 0.5) is 0 Å².